The molecule has 0 unspecified atom stereocenters. The summed E-state index contributed by atoms with van der Waals surface area (Å²) in [4.78, 5) is 28.7. The summed E-state index contributed by atoms with van der Waals surface area (Å²) in [5.41, 5.74) is 1.35. The summed E-state index contributed by atoms with van der Waals surface area (Å²) in [5, 5.41) is 8.55. The van der Waals surface area contributed by atoms with E-state index in [2.05, 4.69) is 15.6 Å². The van der Waals surface area contributed by atoms with Crippen LogP contribution in [0.2, 0.25) is 0 Å². The first-order valence-corrected chi connectivity index (χ1v) is 10.1. The topological polar surface area (TPSA) is 98.8 Å². The number of carbonyl (C=O) groups is 2. The summed E-state index contributed by atoms with van der Waals surface area (Å²) in [7, 11) is 4.44. The number of aryl methyl sites for hydroxylation is 2. The Hall–Kier alpha value is -2.81. The monoisotopic (exact) mass is 421 g/mol. The van der Waals surface area contributed by atoms with Crippen molar-refractivity contribution in [1.82, 2.24) is 15.6 Å². The molecule has 0 spiro atoms. The highest BCUT2D eigenvalue weighted by Crippen LogP contribution is 2.38. The summed E-state index contributed by atoms with van der Waals surface area (Å²) in [5.74, 6) is 0.500. The van der Waals surface area contributed by atoms with Gasteiger partial charge in [-0.05, 0) is 38.3 Å². The number of ether oxygens (including phenoxy) is 3. The fraction of sp³-hybridized carbons (Fsp3) is 0.450. The van der Waals surface area contributed by atoms with Gasteiger partial charge in [-0.1, -0.05) is 0 Å². The Morgan fingerprint density at radius 2 is 1.72 bits per heavy atom. The Labute approximate surface area is 174 Å². The van der Waals surface area contributed by atoms with Crippen LogP contribution in [-0.4, -0.2) is 51.2 Å². The lowest BCUT2D eigenvalue weighted by Crippen LogP contribution is -2.37. The number of methoxy groups -OCH3 is 3. The van der Waals surface area contributed by atoms with Crippen molar-refractivity contribution in [3.63, 3.8) is 0 Å². The smallest absolute Gasteiger partial charge is 0.251 e. The van der Waals surface area contributed by atoms with E-state index >= 15 is 0 Å². The third-order valence-corrected chi connectivity index (χ3v) is 5.17. The van der Waals surface area contributed by atoms with Crippen LogP contribution in [0.15, 0.2) is 17.5 Å². The van der Waals surface area contributed by atoms with Crippen molar-refractivity contribution in [2.75, 3.05) is 34.4 Å². The Bertz CT molecular complexity index is 812. The average molecular weight is 422 g/mol. The molecule has 9 heteroatoms. The van der Waals surface area contributed by atoms with Crippen LogP contribution in [0.25, 0.3) is 0 Å². The molecule has 0 aliphatic heterocycles. The SMILES string of the molecule is COc1cc(C(=O)NCC(=O)NCCCCc2nc(C)cs2)cc(OC)c1OC. The van der Waals surface area contributed by atoms with Crippen molar-refractivity contribution in [3.05, 3.63) is 33.8 Å². The lowest BCUT2D eigenvalue weighted by Gasteiger charge is -2.14. The number of amides is 2. The molecule has 8 nitrogen and oxygen atoms in total. The molecule has 29 heavy (non-hydrogen) atoms. The molecule has 0 bridgehead atoms. The third-order valence-electron chi connectivity index (χ3n) is 4.14. The van der Waals surface area contributed by atoms with Gasteiger partial charge in [0.25, 0.3) is 5.91 Å². The van der Waals surface area contributed by atoms with E-state index in [0.717, 1.165) is 30.0 Å². The molecule has 0 atom stereocenters. The number of hydrogen-bond acceptors (Lipinski definition) is 7. The number of aromatic nitrogens is 1. The maximum Gasteiger partial charge on any atom is 0.251 e. The Morgan fingerprint density at radius 3 is 2.28 bits per heavy atom. The quantitative estimate of drug-likeness (QED) is 0.541. The second-order valence-corrected chi connectivity index (χ2v) is 7.23. The molecule has 0 saturated carbocycles. The maximum atomic E-state index is 12.4. The zero-order chi connectivity index (χ0) is 21.2. The molecule has 0 fully saturated rings. The molecule has 1 aromatic carbocycles. The Balaban J connectivity index is 1.75. The van der Waals surface area contributed by atoms with Gasteiger partial charge in [-0.25, -0.2) is 4.98 Å². The van der Waals surface area contributed by atoms with E-state index in [-0.39, 0.29) is 12.5 Å². The number of nitrogens with zero attached hydrogens (tertiary/aromatic N) is 1. The summed E-state index contributed by atoms with van der Waals surface area (Å²) >= 11 is 1.66. The van der Waals surface area contributed by atoms with Gasteiger partial charge in [0.2, 0.25) is 11.7 Å². The predicted molar refractivity (Wildman–Crippen MR) is 111 cm³/mol. The van der Waals surface area contributed by atoms with Gasteiger partial charge < -0.3 is 24.8 Å². The van der Waals surface area contributed by atoms with E-state index in [1.165, 1.54) is 33.5 Å². The van der Waals surface area contributed by atoms with Crippen LogP contribution in [-0.2, 0) is 11.2 Å². The first-order chi connectivity index (χ1) is 14.0. The molecule has 0 saturated heterocycles. The molecule has 2 rings (SSSR count). The number of thiazole rings is 1. The van der Waals surface area contributed by atoms with Crippen molar-refractivity contribution in [1.29, 1.82) is 0 Å². The van der Waals surface area contributed by atoms with Crippen LogP contribution in [0.1, 0.15) is 33.9 Å². The van der Waals surface area contributed by atoms with Crippen LogP contribution in [0, 0.1) is 6.92 Å². The van der Waals surface area contributed by atoms with Gasteiger partial charge in [0.1, 0.15) is 0 Å². The van der Waals surface area contributed by atoms with Gasteiger partial charge in [-0.3, -0.25) is 9.59 Å². The first kappa shape index (κ1) is 22.5. The van der Waals surface area contributed by atoms with Gasteiger partial charge >= 0.3 is 0 Å². The highest BCUT2D eigenvalue weighted by Gasteiger charge is 2.17. The Morgan fingerprint density at radius 1 is 1.03 bits per heavy atom. The molecular weight excluding hydrogens is 394 g/mol. The molecule has 158 valence electrons. The standard InChI is InChI=1S/C20H27N3O5S/c1-13-12-29-18(23-13)7-5-6-8-21-17(24)11-22-20(25)14-9-15(26-2)19(28-4)16(10-14)27-3/h9-10,12H,5-8,11H2,1-4H3,(H,21,24)(H,22,25). The minimum Gasteiger partial charge on any atom is -0.493 e. The van der Waals surface area contributed by atoms with Gasteiger partial charge in [-0.15, -0.1) is 11.3 Å². The summed E-state index contributed by atoms with van der Waals surface area (Å²) in [6, 6.07) is 3.07. The van der Waals surface area contributed by atoms with Crippen LogP contribution >= 0.6 is 11.3 Å². The zero-order valence-electron chi connectivity index (χ0n) is 17.2. The molecule has 0 aliphatic rings. The van der Waals surface area contributed by atoms with Gasteiger partial charge in [0, 0.05) is 23.2 Å². The first-order valence-electron chi connectivity index (χ1n) is 9.24. The van der Waals surface area contributed by atoms with E-state index in [9.17, 15) is 9.59 Å². The van der Waals surface area contributed by atoms with Crippen LogP contribution in [0.3, 0.4) is 0 Å². The maximum absolute atomic E-state index is 12.4. The van der Waals surface area contributed by atoms with Crippen molar-refractivity contribution in [2.24, 2.45) is 0 Å². The van der Waals surface area contributed by atoms with Crippen molar-refractivity contribution in [3.8, 4) is 17.2 Å². The molecule has 2 aromatic rings. The highest BCUT2D eigenvalue weighted by atomic mass is 32.1. The minimum absolute atomic E-state index is 0.110. The summed E-state index contributed by atoms with van der Waals surface area (Å²) in [6.07, 6.45) is 2.71. The second-order valence-electron chi connectivity index (χ2n) is 6.29. The number of carbonyl (C=O) groups excluding carboxylic acids is 2. The third kappa shape index (κ3) is 6.63. The molecule has 2 N–H and O–H groups in total. The van der Waals surface area contributed by atoms with Gasteiger partial charge in [0.05, 0.1) is 32.9 Å². The number of rotatable bonds is 11. The van der Waals surface area contributed by atoms with E-state index < -0.39 is 5.91 Å². The second kappa shape index (κ2) is 11.3. The molecule has 0 radical (unpaired) electrons. The molecular formula is C20H27N3O5S. The minimum atomic E-state index is -0.404. The number of nitrogens with one attached hydrogen (secondary N) is 2. The van der Waals surface area contributed by atoms with E-state index in [4.69, 9.17) is 14.2 Å². The van der Waals surface area contributed by atoms with E-state index in [1.807, 2.05) is 12.3 Å². The predicted octanol–water partition coefficient (Wildman–Crippen LogP) is 2.35. The van der Waals surface area contributed by atoms with Gasteiger partial charge in [-0.2, -0.15) is 0 Å². The normalized spacial score (nSPS) is 10.3. The van der Waals surface area contributed by atoms with E-state index in [1.54, 1.807) is 11.3 Å². The zero-order valence-corrected chi connectivity index (χ0v) is 18.0. The highest BCUT2D eigenvalue weighted by molar-refractivity contribution is 7.09. The Kier molecular flexibility index (Phi) is 8.72. The van der Waals surface area contributed by atoms with Crippen molar-refractivity contribution in [2.45, 2.75) is 26.2 Å². The lowest BCUT2D eigenvalue weighted by atomic mass is 10.1. The fourth-order valence-corrected chi connectivity index (χ4v) is 3.50. The molecule has 1 heterocycles. The number of benzene rings is 1. The summed E-state index contributed by atoms with van der Waals surface area (Å²) < 4.78 is 15.7. The molecule has 2 amide bonds. The van der Waals surface area contributed by atoms with Crippen molar-refractivity contribution >= 4 is 23.2 Å². The average Bonchev–Trinajstić information content (AvgIpc) is 3.15. The largest absolute Gasteiger partial charge is 0.493 e. The van der Waals surface area contributed by atoms with Gasteiger partial charge in [0.15, 0.2) is 11.5 Å². The fourth-order valence-electron chi connectivity index (χ4n) is 2.68. The van der Waals surface area contributed by atoms with Crippen molar-refractivity contribution < 1.29 is 23.8 Å². The van der Waals surface area contributed by atoms with Crippen LogP contribution < -0.4 is 24.8 Å². The molecule has 1 aromatic heterocycles. The number of hydrogen-bond donors (Lipinski definition) is 2. The number of unbranched alkanes of at least 4 members (excludes halogenated alkanes) is 1. The van der Waals surface area contributed by atoms with Crippen LogP contribution in [0.5, 0.6) is 17.2 Å². The lowest BCUT2D eigenvalue weighted by molar-refractivity contribution is -0.120. The van der Waals surface area contributed by atoms with Crippen LogP contribution in [0.4, 0.5) is 0 Å². The molecule has 0 aliphatic carbocycles. The van der Waals surface area contributed by atoms with E-state index in [0.29, 0.717) is 29.4 Å². The summed E-state index contributed by atoms with van der Waals surface area (Å²) in [6.45, 7) is 2.43.